The summed E-state index contributed by atoms with van der Waals surface area (Å²) in [4.78, 5) is 15.4. The minimum absolute atomic E-state index is 0.330. The second-order valence-electron chi connectivity index (χ2n) is 4.51. The Kier molecular flexibility index (Phi) is 3.18. The first-order chi connectivity index (χ1) is 8.57. The van der Waals surface area contributed by atoms with Crippen LogP contribution in [0.4, 0.5) is 5.82 Å². The molecule has 0 saturated heterocycles. The molecule has 0 aromatic carbocycles. The molecule has 0 fully saturated rings. The molecule has 2 aromatic heterocycles. The summed E-state index contributed by atoms with van der Waals surface area (Å²) in [6, 6.07) is 1.83. The number of rotatable bonds is 5. The quantitative estimate of drug-likeness (QED) is 0.841. The van der Waals surface area contributed by atoms with Gasteiger partial charge in [0.25, 0.3) is 0 Å². The number of nitrogens with one attached hydrogen (secondary N) is 1. The molecule has 0 aliphatic rings. The highest BCUT2D eigenvalue weighted by molar-refractivity contribution is 5.75. The molecule has 0 radical (unpaired) electrons. The zero-order chi connectivity index (χ0) is 13.2. The van der Waals surface area contributed by atoms with Gasteiger partial charge in [-0.1, -0.05) is 6.92 Å². The van der Waals surface area contributed by atoms with Crippen molar-refractivity contribution in [3.05, 3.63) is 24.7 Å². The highest BCUT2D eigenvalue weighted by Gasteiger charge is 2.31. The molecule has 96 valence electrons. The highest BCUT2D eigenvalue weighted by Crippen LogP contribution is 2.22. The van der Waals surface area contributed by atoms with Gasteiger partial charge in [-0.05, 0) is 19.4 Å². The first kappa shape index (κ1) is 12.3. The van der Waals surface area contributed by atoms with E-state index in [1.807, 2.05) is 13.0 Å². The van der Waals surface area contributed by atoms with Gasteiger partial charge >= 0.3 is 5.97 Å². The van der Waals surface area contributed by atoms with E-state index in [9.17, 15) is 9.90 Å². The first-order valence-electron chi connectivity index (χ1n) is 5.82. The largest absolute Gasteiger partial charge is 0.481 e. The maximum absolute atomic E-state index is 11.2. The van der Waals surface area contributed by atoms with E-state index in [-0.39, 0.29) is 0 Å². The Bertz CT molecular complexity index is 566. The molecule has 0 aliphatic carbocycles. The van der Waals surface area contributed by atoms with Crippen molar-refractivity contribution in [1.82, 2.24) is 14.6 Å². The molecule has 1 unspecified atom stereocenters. The average molecular weight is 248 g/mol. The lowest BCUT2D eigenvalue weighted by Crippen LogP contribution is -2.34. The number of carbonyl (C=O) groups is 1. The zero-order valence-corrected chi connectivity index (χ0v) is 10.4. The number of aliphatic carboxylic acids is 1. The van der Waals surface area contributed by atoms with Gasteiger partial charge in [0.05, 0.1) is 11.6 Å². The number of nitrogens with zero attached hydrogens (tertiary/aromatic N) is 3. The molecule has 2 aromatic rings. The molecule has 6 nitrogen and oxygen atoms in total. The normalized spacial score (nSPS) is 14.3. The summed E-state index contributed by atoms with van der Waals surface area (Å²) < 4.78 is 1.69. The Labute approximate surface area is 105 Å². The van der Waals surface area contributed by atoms with Crippen LogP contribution in [0.5, 0.6) is 0 Å². The van der Waals surface area contributed by atoms with Crippen LogP contribution in [-0.2, 0) is 4.79 Å². The fraction of sp³-hybridized carbons (Fsp3) is 0.417. The standard InChI is InChI=1S/C12H16N4O2/c1-3-12(2,11(17)18)8-14-10-9-4-5-15-16(9)7-6-13-10/h4-7H,3,8H2,1-2H3,(H,13,14)(H,17,18). The van der Waals surface area contributed by atoms with Crippen molar-refractivity contribution >= 4 is 17.3 Å². The summed E-state index contributed by atoms with van der Waals surface area (Å²) >= 11 is 0. The molecular formula is C12H16N4O2. The number of carboxylic acids is 1. The monoisotopic (exact) mass is 248 g/mol. The third-order valence-electron chi connectivity index (χ3n) is 3.27. The summed E-state index contributed by atoms with van der Waals surface area (Å²) in [6.07, 6.45) is 5.61. The Balaban J connectivity index is 2.20. The Morgan fingerprint density at radius 1 is 1.56 bits per heavy atom. The molecular weight excluding hydrogens is 232 g/mol. The lowest BCUT2D eigenvalue weighted by molar-refractivity contribution is -0.147. The van der Waals surface area contributed by atoms with Crippen molar-refractivity contribution in [1.29, 1.82) is 0 Å². The van der Waals surface area contributed by atoms with Crippen LogP contribution in [0.1, 0.15) is 20.3 Å². The number of hydrogen-bond acceptors (Lipinski definition) is 4. The third kappa shape index (κ3) is 2.13. The van der Waals surface area contributed by atoms with E-state index in [1.165, 1.54) is 0 Å². The van der Waals surface area contributed by atoms with Crippen LogP contribution in [0, 0.1) is 5.41 Å². The maximum atomic E-state index is 11.2. The number of fused-ring (bicyclic) bond motifs is 1. The average Bonchev–Trinajstić information content (AvgIpc) is 2.84. The van der Waals surface area contributed by atoms with Gasteiger partial charge in [0, 0.05) is 18.9 Å². The minimum Gasteiger partial charge on any atom is -0.481 e. The molecule has 18 heavy (non-hydrogen) atoms. The first-order valence-corrected chi connectivity index (χ1v) is 5.82. The molecule has 0 saturated carbocycles. The van der Waals surface area contributed by atoms with Crippen molar-refractivity contribution in [3.8, 4) is 0 Å². The van der Waals surface area contributed by atoms with E-state index < -0.39 is 11.4 Å². The molecule has 2 heterocycles. The summed E-state index contributed by atoms with van der Waals surface area (Å²) in [5.41, 5.74) is 0.0375. The van der Waals surface area contributed by atoms with Gasteiger partial charge < -0.3 is 10.4 Å². The van der Waals surface area contributed by atoms with E-state index in [1.54, 1.807) is 30.0 Å². The van der Waals surface area contributed by atoms with Crippen molar-refractivity contribution in [3.63, 3.8) is 0 Å². The Morgan fingerprint density at radius 2 is 2.33 bits per heavy atom. The predicted molar refractivity (Wildman–Crippen MR) is 67.5 cm³/mol. The van der Waals surface area contributed by atoms with Crippen LogP contribution in [0.25, 0.3) is 5.52 Å². The second kappa shape index (κ2) is 4.64. The maximum Gasteiger partial charge on any atom is 0.311 e. The number of anilines is 1. The number of hydrogen-bond donors (Lipinski definition) is 2. The third-order valence-corrected chi connectivity index (χ3v) is 3.27. The van der Waals surface area contributed by atoms with Gasteiger partial charge in [-0.15, -0.1) is 0 Å². The van der Waals surface area contributed by atoms with Crippen molar-refractivity contribution in [2.24, 2.45) is 5.41 Å². The van der Waals surface area contributed by atoms with Gasteiger partial charge in [-0.25, -0.2) is 9.50 Å². The van der Waals surface area contributed by atoms with E-state index in [0.29, 0.717) is 18.8 Å². The summed E-state index contributed by atoms with van der Waals surface area (Å²) in [5, 5.41) is 16.4. The van der Waals surface area contributed by atoms with Crippen LogP contribution in [0.2, 0.25) is 0 Å². The minimum atomic E-state index is -0.807. The summed E-state index contributed by atoms with van der Waals surface area (Å²) in [6.45, 7) is 3.91. The van der Waals surface area contributed by atoms with Crippen molar-refractivity contribution < 1.29 is 9.90 Å². The molecule has 2 rings (SSSR count). The predicted octanol–water partition coefficient (Wildman–Crippen LogP) is 1.64. The topological polar surface area (TPSA) is 79.5 Å². The zero-order valence-electron chi connectivity index (χ0n) is 10.4. The van der Waals surface area contributed by atoms with Crippen LogP contribution in [-0.4, -0.2) is 32.2 Å². The van der Waals surface area contributed by atoms with Crippen LogP contribution < -0.4 is 5.32 Å². The molecule has 6 heteroatoms. The molecule has 1 atom stereocenters. The smallest absolute Gasteiger partial charge is 0.311 e. The van der Waals surface area contributed by atoms with Crippen molar-refractivity contribution in [2.45, 2.75) is 20.3 Å². The number of carboxylic acid groups (broad SMARTS) is 1. The van der Waals surface area contributed by atoms with Gasteiger partial charge in [-0.2, -0.15) is 5.10 Å². The van der Waals surface area contributed by atoms with Crippen LogP contribution in [0.3, 0.4) is 0 Å². The Morgan fingerprint density at radius 3 is 3.00 bits per heavy atom. The lowest BCUT2D eigenvalue weighted by atomic mass is 9.88. The van der Waals surface area contributed by atoms with E-state index >= 15 is 0 Å². The van der Waals surface area contributed by atoms with E-state index in [0.717, 1.165) is 5.52 Å². The van der Waals surface area contributed by atoms with E-state index in [2.05, 4.69) is 15.4 Å². The molecule has 2 N–H and O–H groups in total. The second-order valence-corrected chi connectivity index (χ2v) is 4.51. The highest BCUT2D eigenvalue weighted by atomic mass is 16.4. The van der Waals surface area contributed by atoms with E-state index in [4.69, 9.17) is 0 Å². The molecule has 0 spiro atoms. The van der Waals surface area contributed by atoms with Gasteiger partial charge in [0.1, 0.15) is 5.52 Å². The SMILES string of the molecule is CCC(C)(CNc1nccn2nccc12)C(=O)O. The fourth-order valence-corrected chi connectivity index (χ4v) is 1.62. The summed E-state index contributed by atoms with van der Waals surface area (Å²) in [5.74, 6) is -0.158. The van der Waals surface area contributed by atoms with Crippen molar-refractivity contribution in [2.75, 3.05) is 11.9 Å². The van der Waals surface area contributed by atoms with Gasteiger partial charge in [0.2, 0.25) is 0 Å². The lowest BCUT2D eigenvalue weighted by Gasteiger charge is -2.23. The molecule has 0 amide bonds. The van der Waals surface area contributed by atoms with Crippen LogP contribution in [0.15, 0.2) is 24.7 Å². The van der Waals surface area contributed by atoms with Gasteiger partial charge in [-0.3, -0.25) is 4.79 Å². The Hall–Kier alpha value is -2.11. The fourth-order valence-electron chi connectivity index (χ4n) is 1.62. The molecule has 0 bridgehead atoms. The van der Waals surface area contributed by atoms with Crippen LogP contribution >= 0.6 is 0 Å². The molecule has 0 aliphatic heterocycles. The summed E-state index contributed by atoms with van der Waals surface area (Å²) in [7, 11) is 0. The van der Waals surface area contributed by atoms with Gasteiger partial charge in [0.15, 0.2) is 5.82 Å². The number of aromatic nitrogens is 3.